The van der Waals surface area contributed by atoms with Gasteiger partial charge in [0, 0.05) is 18.6 Å². The Balaban J connectivity index is 0.00000450. The van der Waals surface area contributed by atoms with Crippen LogP contribution >= 0.6 is 24.0 Å². The highest BCUT2D eigenvalue weighted by atomic mass is 127. The van der Waals surface area contributed by atoms with Gasteiger partial charge in [-0.1, -0.05) is 0 Å². The van der Waals surface area contributed by atoms with Crippen LogP contribution in [0.1, 0.15) is 53.4 Å². The number of imide groups is 1. The fraction of sp³-hybridized carbons (Fsp3) is 0.789. The zero-order valence-electron chi connectivity index (χ0n) is 18.2. The van der Waals surface area contributed by atoms with E-state index in [2.05, 4.69) is 26.3 Å². The highest BCUT2D eigenvalue weighted by Gasteiger charge is 2.28. The van der Waals surface area contributed by atoms with Gasteiger partial charge in [0.25, 0.3) is 0 Å². The summed E-state index contributed by atoms with van der Waals surface area (Å²) in [6, 6.07) is 0.00212. The minimum Gasteiger partial charge on any atom is -0.444 e. The summed E-state index contributed by atoms with van der Waals surface area (Å²) in [6.07, 6.45) is 3.15. The summed E-state index contributed by atoms with van der Waals surface area (Å²) in [5.41, 5.74) is -0.500. The van der Waals surface area contributed by atoms with Gasteiger partial charge in [-0.3, -0.25) is 14.7 Å². The molecule has 1 aliphatic heterocycles. The molecule has 0 spiro atoms. The van der Waals surface area contributed by atoms with E-state index in [1.54, 1.807) is 0 Å². The number of halogens is 1. The Bertz CT molecular complexity index is 613. The summed E-state index contributed by atoms with van der Waals surface area (Å²) in [5, 5.41) is 12.0. The van der Waals surface area contributed by atoms with Crippen LogP contribution in [0.2, 0.25) is 0 Å². The third-order valence-corrected chi connectivity index (χ3v) is 4.66. The average molecular weight is 538 g/mol. The summed E-state index contributed by atoms with van der Waals surface area (Å²) in [4.78, 5) is 40.7. The first kappa shape index (κ1) is 26.2. The summed E-state index contributed by atoms with van der Waals surface area (Å²) in [7, 11) is 0. The van der Waals surface area contributed by atoms with Gasteiger partial charge in [-0.2, -0.15) is 0 Å². The van der Waals surface area contributed by atoms with Crippen LogP contribution in [0, 0.1) is 0 Å². The van der Waals surface area contributed by atoms with Crippen LogP contribution in [0.3, 0.4) is 0 Å². The van der Waals surface area contributed by atoms with Crippen molar-refractivity contribution in [1.82, 2.24) is 26.2 Å². The second-order valence-electron chi connectivity index (χ2n) is 8.30. The molecule has 2 aliphatic rings. The highest BCUT2D eigenvalue weighted by molar-refractivity contribution is 14.0. The molecule has 0 aromatic carbocycles. The van der Waals surface area contributed by atoms with E-state index < -0.39 is 5.60 Å². The summed E-state index contributed by atoms with van der Waals surface area (Å²) in [6.45, 7) is 8.89. The number of nitrogens with zero attached hydrogens (tertiary/aromatic N) is 2. The van der Waals surface area contributed by atoms with Crippen molar-refractivity contribution in [2.45, 2.75) is 71.1 Å². The van der Waals surface area contributed by atoms with Crippen molar-refractivity contribution in [2.24, 2.45) is 4.99 Å². The zero-order valence-corrected chi connectivity index (χ0v) is 20.6. The normalized spacial score (nSPS) is 22.1. The number of amides is 4. The molecule has 0 bridgehead atoms. The topological polar surface area (TPSA) is 124 Å². The van der Waals surface area contributed by atoms with Crippen LogP contribution in [-0.4, -0.2) is 72.8 Å². The Morgan fingerprint density at radius 1 is 1.17 bits per heavy atom. The van der Waals surface area contributed by atoms with E-state index in [0.717, 1.165) is 25.7 Å². The molecule has 0 radical (unpaired) electrons. The number of rotatable bonds is 6. The molecule has 1 aliphatic carbocycles. The molecular formula is C19H35IN6O4. The number of aliphatic imine (C=N–C) groups is 1. The molecule has 0 atom stereocenters. The van der Waals surface area contributed by atoms with E-state index in [9.17, 15) is 14.4 Å². The minimum absolute atomic E-state index is 0. The van der Waals surface area contributed by atoms with Gasteiger partial charge >= 0.3 is 12.1 Å². The zero-order chi connectivity index (χ0) is 21.4. The van der Waals surface area contributed by atoms with Crippen molar-refractivity contribution in [2.75, 3.05) is 26.2 Å². The molecular weight excluding hydrogens is 503 g/mol. The van der Waals surface area contributed by atoms with Crippen LogP contribution < -0.4 is 21.3 Å². The lowest BCUT2D eigenvalue weighted by atomic mass is 9.91. The third-order valence-electron chi connectivity index (χ3n) is 4.66. The van der Waals surface area contributed by atoms with Crippen LogP contribution in [0.15, 0.2) is 4.99 Å². The van der Waals surface area contributed by atoms with E-state index in [-0.39, 0.29) is 67.2 Å². The molecule has 10 nitrogen and oxygen atoms in total. The predicted molar refractivity (Wildman–Crippen MR) is 125 cm³/mol. The molecule has 0 unspecified atom stereocenters. The van der Waals surface area contributed by atoms with Gasteiger partial charge in [0.1, 0.15) is 5.60 Å². The van der Waals surface area contributed by atoms with Gasteiger partial charge < -0.3 is 26.0 Å². The molecule has 2 rings (SSSR count). The summed E-state index contributed by atoms with van der Waals surface area (Å²) < 4.78 is 5.31. The quantitative estimate of drug-likeness (QED) is 0.176. The van der Waals surface area contributed by atoms with Crippen LogP contribution in [0.4, 0.5) is 9.59 Å². The van der Waals surface area contributed by atoms with E-state index in [1.807, 2.05) is 27.7 Å². The van der Waals surface area contributed by atoms with Crippen molar-refractivity contribution in [1.29, 1.82) is 0 Å². The fourth-order valence-corrected chi connectivity index (χ4v) is 3.31. The predicted octanol–water partition coefficient (Wildman–Crippen LogP) is 1.55. The van der Waals surface area contributed by atoms with Crippen LogP contribution in [0.5, 0.6) is 0 Å². The number of carbonyl (C=O) groups is 3. The number of carbonyl (C=O) groups excluding carboxylic acids is 3. The summed E-state index contributed by atoms with van der Waals surface area (Å²) >= 11 is 0. The Labute approximate surface area is 195 Å². The Hall–Kier alpha value is -1.79. The molecule has 0 aromatic rings. The highest BCUT2D eigenvalue weighted by Crippen LogP contribution is 2.19. The molecule has 4 N–H and O–H groups in total. The van der Waals surface area contributed by atoms with Crippen LogP contribution in [0.25, 0.3) is 0 Å². The fourth-order valence-electron chi connectivity index (χ4n) is 3.31. The molecule has 172 valence electrons. The lowest BCUT2D eigenvalue weighted by Gasteiger charge is -2.31. The number of alkyl carbamates (subject to hydrolysis) is 1. The standard InChI is InChI=1S/C19H34N6O4.HI/c1-5-20-16(21-10-11-25-15(26)12-22-17(25)27)23-13-6-8-14(9-7-13)24-18(28)29-19(2,3)4;/h13-14H,5-12H2,1-4H3,(H,22,27)(H,24,28)(H2,20,21,23);1H. The van der Waals surface area contributed by atoms with E-state index in [0.29, 0.717) is 19.0 Å². The lowest BCUT2D eigenvalue weighted by molar-refractivity contribution is -0.124. The van der Waals surface area contributed by atoms with Crippen molar-refractivity contribution in [3.8, 4) is 0 Å². The minimum atomic E-state index is -0.500. The van der Waals surface area contributed by atoms with Gasteiger partial charge in [0.2, 0.25) is 5.91 Å². The van der Waals surface area contributed by atoms with Gasteiger partial charge in [-0.25, -0.2) is 9.59 Å². The molecule has 1 saturated carbocycles. The van der Waals surface area contributed by atoms with Crippen molar-refractivity contribution in [3.63, 3.8) is 0 Å². The van der Waals surface area contributed by atoms with Crippen molar-refractivity contribution >= 4 is 48.0 Å². The molecule has 1 saturated heterocycles. The first-order valence-electron chi connectivity index (χ1n) is 10.3. The lowest BCUT2D eigenvalue weighted by Crippen LogP contribution is -2.48. The number of hydrogen-bond donors (Lipinski definition) is 4. The van der Waals surface area contributed by atoms with Gasteiger partial charge in [-0.15, -0.1) is 24.0 Å². The maximum absolute atomic E-state index is 11.9. The van der Waals surface area contributed by atoms with E-state index in [1.165, 1.54) is 4.90 Å². The van der Waals surface area contributed by atoms with Crippen molar-refractivity contribution in [3.05, 3.63) is 0 Å². The largest absolute Gasteiger partial charge is 0.444 e. The SMILES string of the molecule is CCNC(=NCCN1C(=O)CNC1=O)NC1CCC(NC(=O)OC(C)(C)C)CC1.I. The van der Waals surface area contributed by atoms with E-state index in [4.69, 9.17) is 4.74 Å². The van der Waals surface area contributed by atoms with Crippen molar-refractivity contribution < 1.29 is 19.1 Å². The number of urea groups is 1. The van der Waals surface area contributed by atoms with Gasteiger partial charge in [-0.05, 0) is 53.4 Å². The van der Waals surface area contributed by atoms with Gasteiger partial charge in [0.05, 0.1) is 19.6 Å². The van der Waals surface area contributed by atoms with E-state index >= 15 is 0 Å². The first-order valence-corrected chi connectivity index (χ1v) is 10.3. The van der Waals surface area contributed by atoms with Crippen LogP contribution in [-0.2, 0) is 9.53 Å². The Morgan fingerprint density at radius 3 is 2.27 bits per heavy atom. The molecule has 1 heterocycles. The third kappa shape index (κ3) is 8.92. The smallest absolute Gasteiger partial charge is 0.407 e. The second kappa shape index (κ2) is 12.2. The molecule has 2 fully saturated rings. The second-order valence-corrected chi connectivity index (χ2v) is 8.30. The molecule has 30 heavy (non-hydrogen) atoms. The average Bonchev–Trinajstić information content (AvgIpc) is 2.94. The molecule has 4 amide bonds. The number of nitrogens with one attached hydrogen (secondary N) is 4. The Kier molecular flexibility index (Phi) is 10.6. The van der Waals surface area contributed by atoms with Gasteiger partial charge in [0.15, 0.2) is 5.96 Å². The first-order chi connectivity index (χ1) is 13.7. The number of hydrogen-bond acceptors (Lipinski definition) is 5. The maximum Gasteiger partial charge on any atom is 0.407 e. The molecule has 0 aromatic heterocycles. The number of ether oxygens (including phenoxy) is 1. The number of guanidine groups is 1. The summed E-state index contributed by atoms with van der Waals surface area (Å²) in [5.74, 6) is 0.446. The maximum atomic E-state index is 11.9. The monoisotopic (exact) mass is 538 g/mol. The molecule has 11 heteroatoms. The Morgan fingerprint density at radius 2 is 1.77 bits per heavy atom.